The van der Waals surface area contributed by atoms with Crippen molar-refractivity contribution in [3.8, 4) is 0 Å². The first-order valence-corrected chi connectivity index (χ1v) is 5.96. The van der Waals surface area contributed by atoms with Crippen molar-refractivity contribution in [3.05, 3.63) is 18.0 Å². The fourth-order valence-electron chi connectivity index (χ4n) is 1.62. The topological polar surface area (TPSA) is 55.0 Å². The number of nitrogens with two attached hydrogens (primary N) is 1. The average molecular weight is 222 g/mol. The van der Waals surface area contributed by atoms with E-state index in [1.54, 1.807) is 0 Å². The van der Waals surface area contributed by atoms with Gasteiger partial charge < -0.3 is 10.6 Å². The van der Waals surface area contributed by atoms with Crippen LogP contribution in [0.5, 0.6) is 0 Å². The molecule has 4 nitrogen and oxygen atoms in total. The van der Waals surface area contributed by atoms with Crippen molar-refractivity contribution >= 4 is 5.95 Å². The minimum Gasteiger partial charge on any atom is -0.338 e. The summed E-state index contributed by atoms with van der Waals surface area (Å²) in [5, 5.41) is 0. The zero-order valence-electron chi connectivity index (χ0n) is 10.5. The smallest absolute Gasteiger partial charge is 0.225 e. The lowest BCUT2D eigenvalue weighted by atomic mass is 10.2. The second kappa shape index (κ2) is 6.43. The molecule has 0 spiro atoms. The first kappa shape index (κ1) is 12.9. The van der Waals surface area contributed by atoms with Crippen molar-refractivity contribution in [1.82, 2.24) is 9.97 Å². The van der Waals surface area contributed by atoms with Crippen molar-refractivity contribution in [1.29, 1.82) is 0 Å². The van der Waals surface area contributed by atoms with E-state index >= 15 is 0 Å². The number of hydrogen-bond donors (Lipinski definition) is 1. The van der Waals surface area contributed by atoms with E-state index in [0.29, 0.717) is 12.6 Å². The van der Waals surface area contributed by atoms with Gasteiger partial charge in [0, 0.05) is 25.0 Å². The summed E-state index contributed by atoms with van der Waals surface area (Å²) in [6, 6.07) is 0.431. The van der Waals surface area contributed by atoms with Crippen molar-refractivity contribution in [2.45, 2.75) is 39.7 Å². The molecule has 0 fully saturated rings. The standard InChI is InChI=1S/C12H22N4/c1-4-7-16(10(2)3)12-14-8-11(5-6-13)9-15-12/h8-10H,4-7,13H2,1-3H3. The van der Waals surface area contributed by atoms with Crippen molar-refractivity contribution in [2.24, 2.45) is 5.73 Å². The summed E-state index contributed by atoms with van der Waals surface area (Å²) in [4.78, 5) is 11.0. The first-order valence-electron chi connectivity index (χ1n) is 5.96. The Morgan fingerprint density at radius 1 is 1.31 bits per heavy atom. The van der Waals surface area contributed by atoms with E-state index in [1.165, 1.54) is 0 Å². The number of rotatable bonds is 6. The van der Waals surface area contributed by atoms with Crippen LogP contribution in [0.15, 0.2) is 12.4 Å². The van der Waals surface area contributed by atoms with E-state index in [9.17, 15) is 0 Å². The van der Waals surface area contributed by atoms with E-state index in [2.05, 4.69) is 35.6 Å². The number of aromatic nitrogens is 2. The highest BCUT2D eigenvalue weighted by Crippen LogP contribution is 2.11. The Morgan fingerprint density at radius 3 is 2.38 bits per heavy atom. The Bertz CT molecular complexity index is 294. The molecule has 0 aliphatic carbocycles. The second-order valence-corrected chi connectivity index (χ2v) is 4.22. The van der Waals surface area contributed by atoms with Gasteiger partial charge in [0.1, 0.15) is 0 Å². The normalized spacial score (nSPS) is 10.8. The van der Waals surface area contributed by atoms with Gasteiger partial charge in [-0.25, -0.2) is 9.97 Å². The van der Waals surface area contributed by atoms with Crippen LogP contribution in [0.3, 0.4) is 0 Å². The average Bonchev–Trinajstić information content (AvgIpc) is 2.27. The van der Waals surface area contributed by atoms with Crippen molar-refractivity contribution < 1.29 is 0 Å². The number of anilines is 1. The van der Waals surface area contributed by atoms with Gasteiger partial charge in [0.2, 0.25) is 5.95 Å². The van der Waals surface area contributed by atoms with Crippen LogP contribution in [0.2, 0.25) is 0 Å². The summed E-state index contributed by atoms with van der Waals surface area (Å²) in [6.45, 7) is 8.12. The molecule has 0 aromatic carbocycles. The van der Waals surface area contributed by atoms with Gasteiger partial charge in [-0.1, -0.05) is 6.92 Å². The maximum absolute atomic E-state index is 5.49. The van der Waals surface area contributed by atoms with Gasteiger partial charge in [-0.2, -0.15) is 0 Å². The molecule has 1 heterocycles. The van der Waals surface area contributed by atoms with Gasteiger partial charge in [0.25, 0.3) is 0 Å². The van der Waals surface area contributed by atoms with Crippen LogP contribution < -0.4 is 10.6 Å². The van der Waals surface area contributed by atoms with E-state index < -0.39 is 0 Å². The maximum Gasteiger partial charge on any atom is 0.225 e. The summed E-state index contributed by atoms with van der Waals surface area (Å²) >= 11 is 0. The van der Waals surface area contributed by atoms with Crippen LogP contribution in [0, 0.1) is 0 Å². The van der Waals surface area contributed by atoms with E-state index in [0.717, 1.165) is 30.9 Å². The molecule has 1 aromatic heterocycles. The van der Waals surface area contributed by atoms with Gasteiger partial charge in [0.15, 0.2) is 0 Å². The molecule has 0 atom stereocenters. The van der Waals surface area contributed by atoms with Crippen LogP contribution >= 0.6 is 0 Å². The Kier molecular flexibility index (Phi) is 5.19. The van der Waals surface area contributed by atoms with E-state index in [-0.39, 0.29) is 0 Å². The summed E-state index contributed by atoms with van der Waals surface area (Å²) in [5.41, 5.74) is 6.59. The predicted molar refractivity (Wildman–Crippen MR) is 67.6 cm³/mol. The van der Waals surface area contributed by atoms with Gasteiger partial charge in [0.05, 0.1) is 0 Å². The highest BCUT2D eigenvalue weighted by atomic mass is 15.3. The summed E-state index contributed by atoms with van der Waals surface area (Å²) in [7, 11) is 0. The molecule has 0 amide bonds. The third-order valence-corrected chi connectivity index (χ3v) is 2.47. The molecular formula is C12H22N4. The molecular weight excluding hydrogens is 200 g/mol. The predicted octanol–water partition coefficient (Wildman–Crippen LogP) is 1.60. The quantitative estimate of drug-likeness (QED) is 0.794. The molecule has 0 aliphatic heterocycles. The number of hydrogen-bond acceptors (Lipinski definition) is 4. The van der Waals surface area contributed by atoms with E-state index in [4.69, 9.17) is 5.73 Å². The molecule has 4 heteroatoms. The molecule has 1 aromatic rings. The molecule has 0 radical (unpaired) electrons. The fraction of sp³-hybridized carbons (Fsp3) is 0.667. The third kappa shape index (κ3) is 3.45. The lowest BCUT2D eigenvalue weighted by Crippen LogP contribution is -2.33. The maximum atomic E-state index is 5.49. The van der Waals surface area contributed by atoms with Gasteiger partial charge in [-0.05, 0) is 38.8 Å². The fourth-order valence-corrected chi connectivity index (χ4v) is 1.62. The van der Waals surface area contributed by atoms with Crippen LogP contribution in [0.25, 0.3) is 0 Å². The molecule has 2 N–H and O–H groups in total. The lowest BCUT2D eigenvalue weighted by molar-refractivity contribution is 0.650. The van der Waals surface area contributed by atoms with Crippen molar-refractivity contribution in [2.75, 3.05) is 18.0 Å². The zero-order valence-corrected chi connectivity index (χ0v) is 10.5. The van der Waals surface area contributed by atoms with Gasteiger partial charge in [-0.3, -0.25) is 0 Å². The summed E-state index contributed by atoms with van der Waals surface area (Å²) in [6.07, 6.45) is 5.70. The Balaban J connectivity index is 2.77. The van der Waals surface area contributed by atoms with Crippen LogP contribution in [-0.2, 0) is 6.42 Å². The summed E-state index contributed by atoms with van der Waals surface area (Å²) in [5.74, 6) is 0.817. The highest BCUT2D eigenvalue weighted by Gasteiger charge is 2.11. The SMILES string of the molecule is CCCN(c1ncc(CCN)cn1)C(C)C. The lowest BCUT2D eigenvalue weighted by Gasteiger charge is -2.26. The molecule has 16 heavy (non-hydrogen) atoms. The van der Waals surface area contributed by atoms with Crippen molar-refractivity contribution in [3.63, 3.8) is 0 Å². The van der Waals surface area contributed by atoms with Crippen LogP contribution in [0.4, 0.5) is 5.95 Å². The molecule has 0 saturated carbocycles. The minimum absolute atomic E-state index is 0.431. The van der Waals surface area contributed by atoms with Crippen LogP contribution in [0.1, 0.15) is 32.8 Å². The summed E-state index contributed by atoms with van der Waals surface area (Å²) < 4.78 is 0. The largest absolute Gasteiger partial charge is 0.338 e. The van der Waals surface area contributed by atoms with E-state index in [1.807, 2.05) is 12.4 Å². The molecule has 0 saturated heterocycles. The molecule has 0 aliphatic rings. The molecule has 0 bridgehead atoms. The Morgan fingerprint density at radius 2 is 1.94 bits per heavy atom. The molecule has 1 rings (SSSR count). The zero-order chi connectivity index (χ0) is 12.0. The highest BCUT2D eigenvalue weighted by molar-refractivity contribution is 5.31. The Labute approximate surface area is 97.9 Å². The molecule has 90 valence electrons. The third-order valence-electron chi connectivity index (χ3n) is 2.47. The molecule has 0 unspecified atom stereocenters. The minimum atomic E-state index is 0.431. The monoisotopic (exact) mass is 222 g/mol. The second-order valence-electron chi connectivity index (χ2n) is 4.22. The van der Waals surface area contributed by atoms with Gasteiger partial charge in [-0.15, -0.1) is 0 Å². The van der Waals surface area contributed by atoms with Crippen LogP contribution in [-0.4, -0.2) is 29.1 Å². The Hall–Kier alpha value is -1.16. The van der Waals surface area contributed by atoms with Gasteiger partial charge >= 0.3 is 0 Å². The first-order chi connectivity index (χ1) is 7.69. The number of nitrogens with zero attached hydrogens (tertiary/aromatic N) is 3.